The highest BCUT2D eigenvalue weighted by molar-refractivity contribution is 7.85. The number of rotatable bonds is 2. The topological polar surface area (TPSA) is 112 Å². The van der Waals surface area contributed by atoms with Crippen LogP contribution in [-0.2, 0) is 14.9 Å². The number of ether oxygens (including phenoxy) is 1. The first-order chi connectivity index (χ1) is 13.6. The molecule has 3 aromatic rings. The van der Waals surface area contributed by atoms with Crippen LogP contribution in [0.1, 0.15) is 37.5 Å². The fraction of sp³-hybridized carbons (Fsp3) is 0.474. The third-order valence-electron chi connectivity index (χ3n) is 5.08. The second kappa shape index (κ2) is 8.43. The second-order valence-corrected chi connectivity index (χ2v) is 9.06. The van der Waals surface area contributed by atoms with Gasteiger partial charge in [0, 0.05) is 18.5 Å². The van der Waals surface area contributed by atoms with Gasteiger partial charge in [0.05, 0.1) is 22.9 Å². The van der Waals surface area contributed by atoms with Crippen LogP contribution in [0.25, 0.3) is 21.8 Å². The number of halogens is 1. The molecular formula is C19H23ClN2O6S. The van der Waals surface area contributed by atoms with Crippen molar-refractivity contribution in [2.45, 2.75) is 44.8 Å². The van der Waals surface area contributed by atoms with Crippen molar-refractivity contribution in [2.24, 2.45) is 0 Å². The van der Waals surface area contributed by atoms with E-state index in [1.54, 1.807) is 14.0 Å². The van der Waals surface area contributed by atoms with Crippen LogP contribution >= 0.6 is 11.6 Å². The molecule has 2 atom stereocenters. The largest absolute Gasteiger partial charge is 0.381 e. The van der Waals surface area contributed by atoms with Gasteiger partial charge in [0.2, 0.25) is 0 Å². The molecule has 1 fully saturated rings. The number of pyridine rings is 1. The molecule has 4 rings (SSSR count). The fourth-order valence-corrected chi connectivity index (χ4v) is 4.16. The maximum absolute atomic E-state index is 13.2. The Hall–Kier alpha value is -1.94. The molecule has 0 radical (unpaired) electrons. The predicted octanol–water partition coefficient (Wildman–Crippen LogP) is 3.74. The van der Waals surface area contributed by atoms with E-state index in [0.717, 1.165) is 36.6 Å². The summed E-state index contributed by atoms with van der Waals surface area (Å²) in [4.78, 5) is 13.2. The summed E-state index contributed by atoms with van der Waals surface area (Å²) in [5, 5.41) is 5.98. The summed E-state index contributed by atoms with van der Waals surface area (Å²) in [6, 6.07) is 5.72. The molecule has 10 heteroatoms. The van der Waals surface area contributed by atoms with Crippen LogP contribution in [0.4, 0.5) is 0 Å². The zero-order chi connectivity index (χ0) is 21.3. The van der Waals surface area contributed by atoms with Gasteiger partial charge >= 0.3 is 0 Å². The summed E-state index contributed by atoms with van der Waals surface area (Å²) in [5.41, 5.74) is 1.31. The third-order valence-corrected chi connectivity index (χ3v) is 5.40. The average molecular weight is 443 g/mol. The first-order valence-electron chi connectivity index (χ1n) is 9.15. The lowest BCUT2D eigenvalue weighted by atomic mass is 9.92. The Bertz CT molecular complexity index is 1190. The molecule has 1 aliphatic carbocycles. The minimum absolute atomic E-state index is 0.0553. The van der Waals surface area contributed by atoms with Gasteiger partial charge in [-0.05, 0) is 44.7 Å². The number of hydrogen-bond donors (Lipinski definition) is 1. The molecule has 0 amide bonds. The van der Waals surface area contributed by atoms with E-state index in [1.807, 2.05) is 22.8 Å². The Morgan fingerprint density at radius 1 is 1.31 bits per heavy atom. The van der Waals surface area contributed by atoms with Crippen molar-refractivity contribution >= 4 is 43.5 Å². The van der Waals surface area contributed by atoms with Crippen molar-refractivity contribution in [3.05, 3.63) is 39.3 Å². The number of methoxy groups -OCH3 is 1. The molecule has 0 bridgehead atoms. The highest BCUT2D eigenvalue weighted by atomic mass is 35.5. The molecule has 158 valence electrons. The molecule has 0 spiro atoms. The summed E-state index contributed by atoms with van der Waals surface area (Å²) in [7, 11) is -1.93. The van der Waals surface area contributed by atoms with Gasteiger partial charge < -0.3 is 13.8 Å². The van der Waals surface area contributed by atoms with Crippen LogP contribution < -0.4 is 5.56 Å². The normalized spacial score (nSPS) is 19.9. The van der Waals surface area contributed by atoms with E-state index >= 15 is 0 Å². The minimum atomic E-state index is -3.67. The van der Waals surface area contributed by atoms with Crippen molar-refractivity contribution in [1.29, 1.82) is 0 Å². The van der Waals surface area contributed by atoms with Gasteiger partial charge in [-0.25, -0.2) is 0 Å². The van der Waals surface area contributed by atoms with Crippen molar-refractivity contribution in [3.63, 3.8) is 0 Å². The highest BCUT2D eigenvalue weighted by Crippen LogP contribution is 2.35. The number of aryl methyl sites for hydroxylation is 1. The third kappa shape index (κ3) is 4.63. The number of fused-ring (bicyclic) bond motifs is 3. The van der Waals surface area contributed by atoms with E-state index in [2.05, 4.69) is 5.16 Å². The zero-order valence-corrected chi connectivity index (χ0v) is 18.0. The van der Waals surface area contributed by atoms with E-state index in [1.165, 1.54) is 0 Å². The van der Waals surface area contributed by atoms with Gasteiger partial charge in [0.1, 0.15) is 16.7 Å². The Kier molecular flexibility index (Phi) is 6.33. The van der Waals surface area contributed by atoms with E-state index < -0.39 is 10.1 Å². The summed E-state index contributed by atoms with van der Waals surface area (Å²) in [6.07, 6.45) is 4.76. The second-order valence-electron chi connectivity index (χ2n) is 7.18. The van der Waals surface area contributed by atoms with Crippen LogP contribution in [0.2, 0.25) is 5.02 Å². The molecule has 1 saturated carbocycles. The maximum atomic E-state index is 13.2. The lowest BCUT2D eigenvalue weighted by Gasteiger charge is -2.30. The molecule has 0 saturated heterocycles. The van der Waals surface area contributed by atoms with Crippen molar-refractivity contribution in [3.8, 4) is 0 Å². The van der Waals surface area contributed by atoms with E-state index in [4.69, 9.17) is 25.4 Å². The monoisotopic (exact) mass is 442 g/mol. The number of nitrogens with zero attached hydrogens (tertiary/aromatic N) is 2. The smallest absolute Gasteiger partial charge is 0.264 e. The van der Waals surface area contributed by atoms with Crippen molar-refractivity contribution < 1.29 is 22.2 Å². The lowest BCUT2D eigenvalue weighted by molar-refractivity contribution is 0.0533. The first-order valence-corrected chi connectivity index (χ1v) is 11.4. The summed E-state index contributed by atoms with van der Waals surface area (Å²) in [6.45, 7) is 1.77. The molecule has 2 unspecified atom stereocenters. The molecule has 0 aliphatic heterocycles. The van der Waals surface area contributed by atoms with Crippen LogP contribution in [0.5, 0.6) is 0 Å². The Balaban J connectivity index is 0.000000431. The Labute approximate surface area is 173 Å². The van der Waals surface area contributed by atoms with Crippen LogP contribution in [0, 0.1) is 6.92 Å². The van der Waals surface area contributed by atoms with Crippen LogP contribution in [-0.4, -0.2) is 42.2 Å². The van der Waals surface area contributed by atoms with Gasteiger partial charge in [-0.2, -0.15) is 8.42 Å². The highest BCUT2D eigenvalue weighted by Gasteiger charge is 2.27. The number of aromatic nitrogens is 2. The van der Waals surface area contributed by atoms with E-state index in [0.29, 0.717) is 27.9 Å². The lowest BCUT2D eigenvalue weighted by Crippen LogP contribution is -2.31. The van der Waals surface area contributed by atoms with Gasteiger partial charge in [-0.15, -0.1) is 0 Å². The van der Waals surface area contributed by atoms with Gasteiger partial charge in [-0.3, -0.25) is 9.35 Å². The zero-order valence-electron chi connectivity index (χ0n) is 16.4. The van der Waals surface area contributed by atoms with E-state index in [-0.39, 0.29) is 17.7 Å². The number of hydrogen-bond acceptors (Lipinski definition) is 6. The first kappa shape index (κ1) is 21.8. The standard InChI is InChI=1S/C18H19ClN2O3.CH4O3S/c1-10-15-17(20-24-10)16-13(19)7-4-8-14(16)21(18(15)22)11-5-3-6-12(9-11)23-2;1-5(2,3)4/h4,7-8,11-12H,3,5-6,9H2,1-2H3;1H3,(H,2,3,4). The summed E-state index contributed by atoms with van der Waals surface area (Å²) in [5.74, 6) is 0.532. The predicted molar refractivity (Wildman–Crippen MR) is 111 cm³/mol. The van der Waals surface area contributed by atoms with Crippen LogP contribution in [0.3, 0.4) is 0 Å². The van der Waals surface area contributed by atoms with Gasteiger partial charge in [0.15, 0.2) is 0 Å². The molecule has 29 heavy (non-hydrogen) atoms. The summed E-state index contributed by atoms with van der Waals surface area (Å²) >= 11 is 6.44. The van der Waals surface area contributed by atoms with Crippen LogP contribution in [0.15, 0.2) is 27.5 Å². The molecule has 1 N–H and O–H groups in total. The minimum Gasteiger partial charge on any atom is -0.381 e. The van der Waals surface area contributed by atoms with E-state index in [9.17, 15) is 13.2 Å². The fourth-order valence-electron chi connectivity index (χ4n) is 3.90. The Morgan fingerprint density at radius 3 is 2.66 bits per heavy atom. The Morgan fingerprint density at radius 2 is 2.00 bits per heavy atom. The maximum Gasteiger partial charge on any atom is 0.264 e. The van der Waals surface area contributed by atoms with Gasteiger partial charge in [-0.1, -0.05) is 22.8 Å². The molecule has 8 nitrogen and oxygen atoms in total. The SMILES string of the molecule is COC1CCCC(n2c(=O)c3c(C)onc3c3c(Cl)cccc32)C1.CS(=O)(=O)O. The quantitative estimate of drug-likeness (QED) is 0.601. The number of benzene rings is 1. The molecule has 1 aliphatic rings. The average Bonchev–Trinajstić information content (AvgIpc) is 3.02. The van der Waals surface area contributed by atoms with Crippen molar-refractivity contribution in [1.82, 2.24) is 9.72 Å². The molecule has 2 heterocycles. The summed E-state index contributed by atoms with van der Waals surface area (Å²) < 4.78 is 38.6. The molecule has 2 aromatic heterocycles. The van der Waals surface area contributed by atoms with Gasteiger partial charge in [0.25, 0.3) is 15.7 Å². The van der Waals surface area contributed by atoms with Crippen molar-refractivity contribution in [2.75, 3.05) is 13.4 Å². The molecular weight excluding hydrogens is 420 g/mol. The molecule has 1 aromatic carbocycles.